The fourth-order valence-electron chi connectivity index (χ4n) is 1.64. The summed E-state index contributed by atoms with van der Waals surface area (Å²) in [5, 5.41) is 8.73. The highest BCUT2D eigenvalue weighted by Gasteiger charge is 2.14. The molecule has 0 aliphatic carbocycles. The van der Waals surface area contributed by atoms with Crippen molar-refractivity contribution in [3.8, 4) is 11.3 Å². The zero-order valence-corrected chi connectivity index (χ0v) is 10.1. The largest absolute Gasteiger partial charge is 0.480 e. The van der Waals surface area contributed by atoms with E-state index in [4.69, 9.17) is 10.8 Å². The molecule has 94 valence electrons. The molecule has 1 unspecified atom stereocenters. The van der Waals surface area contributed by atoms with Crippen molar-refractivity contribution in [2.24, 2.45) is 5.73 Å². The first-order chi connectivity index (χ1) is 8.56. The number of aromatic amines is 1. The molecule has 0 radical (unpaired) electrons. The molecule has 0 amide bonds. The first kappa shape index (κ1) is 12.3. The van der Waals surface area contributed by atoms with Crippen LogP contribution in [0, 0.1) is 6.92 Å². The second-order valence-electron chi connectivity index (χ2n) is 4.26. The van der Waals surface area contributed by atoms with E-state index in [1.807, 2.05) is 31.2 Å². The third-order valence-corrected chi connectivity index (χ3v) is 2.72. The Balaban J connectivity index is 2.15. The van der Waals surface area contributed by atoms with E-state index < -0.39 is 12.0 Å². The van der Waals surface area contributed by atoms with E-state index in [2.05, 4.69) is 9.97 Å². The fourth-order valence-corrected chi connectivity index (χ4v) is 1.64. The summed E-state index contributed by atoms with van der Waals surface area (Å²) in [6.45, 7) is 2.02. The van der Waals surface area contributed by atoms with E-state index in [1.54, 1.807) is 6.20 Å². The maximum atomic E-state index is 10.7. The molecule has 1 heterocycles. The SMILES string of the molecule is Cc1ccc(-c2cnc(CC(N)C(=O)O)[nH]2)cc1. The van der Waals surface area contributed by atoms with Crippen molar-refractivity contribution in [1.29, 1.82) is 0 Å². The molecule has 2 aromatic rings. The topological polar surface area (TPSA) is 92.0 Å². The number of imidazole rings is 1. The number of carboxylic acid groups (broad SMARTS) is 1. The molecule has 5 nitrogen and oxygen atoms in total. The van der Waals surface area contributed by atoms with Crippen molar-refractivity contribution in [2.45, 2.75) is 19.4 Å². The van der Waals surface area contributed by atoms with Gasteiger partial charge in [-0.25, -0.2) is 4.98 Å². The highest BCUT2D eigenvalue weighted by atomic mass is 16.4. The van der Waals surface area contributed by atoms with Gasteiger partial charge in [0.2, 0.25) is 0 Å². The first-order valence-corrected chi connectivity index (χ1v) is 5.65. The molecule has 0 saturated carbocycles. The van der Waals surface area contributed by atoms with Gasteiger partial charge in [0.25, 0.3) is 0 Å². The lowest BCUT2D eigenvalue weighted by atomic mass is 10.1. The van der Waals surface area contributed by atoms with E-state index in [0.717, 1.165) is 11.3 Å². The third kappa shape index (κ3) is 2.75. The Morgan fingerprint density at radius 1 is 1.44 bits per heavy atom. The van der Waals surface area contributed by atoms with Crippen molar-refractivity contribution in [3.63, 3.8) is 0 Å². The summed E-state index contributed by atoms with van der Waals surface area (Å²) < 4.78 is 0. The van der Waals surface area contributed by atoms with Gasteiger partial charge in [-0.15, -0.1) is 0 Å². The summed E-state index contributed by atoms with van der Waals surface area (Å²) in [6.07, 6.45) is 1.88. The zero-order valence-electron chi connectivity index (χ0n) is 10.1. The summed E-state index contributed by atoms with van der Waals surface area (Å²) in [6, 6.07) is 7.08. The summed E-state index contributed by atoms with van der Waals surface area (Å²) in [4.78, 5) is 17.9. The zero-order chi connectivity index (χ0) is 13.1. The normalized spacial score (nSPS) is 12.3. The monoisotopic (exact) mass is 245 g/mol. The van der Waals surface area contributed by atoms with E-state index in [9.17, 15) is 4.79 Å². The number of nitrogens with zero attached hydrogens (tertiary/aromatic N) is 1. The molecule has 0 aliphatic rings. The lowest BCUT2D eigenvalue weighted by molar-refractivity contribution is -0.138. The van der Waals surface area contributed by atoms with Gasteiger partial charge in [-0.2, -0.15) is 0 Å². The Labute approximate surface area is 105 Å². The van der Waals surface area contributed by atoms with Gasteiger partial charge >= 0.3 is 5.97 Å². The number of carbonyl (C=O) groups is 1. The smallest absolute Gasteiger partial charge is 0.320 e. The number of benzene rings is 1. The average molecular weight is 245 g/mol. The standard InChI is InChI=1S/C13H15N3O2/c1-8-2-4-9(5-3-8)11-7-15-12(16-11)6-10(14)13(17)18/h2-5,7,10H,6,14H2,1H3,(H,15,16)(H,17,18). The maximum Gasteiger partial charge on any atom is 0.320 e. The highest BCUT2D eigenvalue weighted by Crippen LogP contribution is 2.17. The van der Waals surface area contributed by atoms with Crippen LogP contribution in [0.5, 0.6) is 0 Å². The molecule has 0 aliphatic heterocycles. The van der Waals surface area contributed by atoms with Crippen molar-refractivity contribution < 1.29 is 9.90 Å². The summed E-state index contributed by atoms with van der Waals surface area (Å²) >= 11 is 0. The first-order valence-electron chi connectivity index (χ1n) is 5.65. The van der Waals surface area contributed by atoms with Gasteiger partial charge in [0, 0.05) is 6.42 Å². The van der Waals surface area contributed by atoms with Gasteiger partial charge in [-0.1, -0.05) is 29.8 Å². The summed E-state index contributed by atoms with van der Waals surface area (Å²) in [5.41, 5.74) is 8.52. The van der Waals surface area contributed by atoms with Gasteiger partial charge in [-0.3, -0.25) is 4.79 Å². The van der Waals surface area contributed by atoms with Crippen molar-refractivity contribution >= 4 is 5.97 Å². The molecule has 2 rings (SSSR count). The predicted molar refractivity (Wildman–Crippen MR) is 68.1 cm³/mol. The predicted octanol–water partition coefficient (Wildman–Crippen LogP) is 1.34. The number of aryl methyl sites for hydroxylation is 1. The molecule has 1 aromatic heterocycles. The van der Waals surface area contributed by atoms with Gasteiger partial charge in [0.05, 0.1) is 11.9 Å². The molecule has 0 saturated heterocycles. The van der Waals surface area contributed by atoms with Gasteiger partial charge < -0.3 is 15.8 Å². The molecule has 0 fully saturated rings. The van der Waals surface area contributed by atoms with Crippen LogP contribution in [0.3, 0.4) is 0 Å². The van der Waals surface area contributed by atoms with Gasteiger partial charge in [0.15, 0.2) is 0 Å². The highest BCUT2D eigenvalue weighted by molar-refractivity contribution is 5.73. The average Bonchev–Trinajstić information content (AvgIpc) is 2.78. The van der Waals surface area contributed by atoms with Crippen LogP contribution in [0.4, 0.5) is 0 Å². The number of rotatable bonds is 4. The van der Waals surface area contributed by atoms with Gasteiger partial charge in [-0.05, 0) is 12.5 Å². The van der Waals surface area contributed by atoms with Crippen LogP contribution in [0.25, 0.3) is 11.3 Å². The number of hydrogen-bond donors (Lipinski definition) is 3. The molecule has 4 N–H and O–H groups in total. The fraction of sp³-hybridized carbons (Fsp3) is 0.231. The second kappa shape index (κ2) is 5.01. The summed E-state index contributed by atoms with van der Waals surface area (Å²) in [5.74, 6) is -0.441. The molecule has 1 atom stereocenters. The van der Waals surface area contributed by atoms with Crippen LogP contribution in [0.15, 0.2) is 30.5 Å². The van der Waals surface area contributed by atoms with Crippen LogP contribution < -0.4 is 5.73 Å². The number of H-pyrrole nitrogens is 1. The minimum atomic E-state index is -1.02. The maximum absolute atomic E-state index is 10.7. The van der Waals surface area contributed by atoms with Gasteiger partial charge in [0.1, 0.15) is 11.9 Å². The van der Waals surface area contributed by atoms with Crippen LogP contribution >= 0.6 is 0 Å². The molecule has 0 bridgehead atoms. The van der Waals surface area contributed by atoms with E-state index >= 15 is 0 Å². The van der Waals surface area contributed by atoms with Crippen molar-refractivity contribution in [2.75, 3.05) is 0 Å². The van der Waals surface area contributed by atoms with Crippen molar-refractivity contribution in [1.82, 2.24) is 9.97 Å². The number of nitrogens with one attached hydrogen (secondary N) is 1. The molecular formula is C13H15N3O2. The molecular weight excluding hydrogens is 230 g/mol. The lowest BCUT2D eigenvalue weighted by Gasteiger charge is -2.02. The number of aliphatic carboxylic acids is 1. The molecule has 0 spiro atoms. The Kier molecular flexibility index (Phi) is 3.43. The Hall–Kier alpha value is -2.14. The summed E-state index contributed by atoms with van der Waals surface area (Å²) in [7, 11) is 0. The minimum Gasteiger partial charge on any atom is -0.480 e. The minimum absolute atomic E-state index is 0.196. The Morgan fingerprint density at radius 3 is 2.72 bits per heavy atom. The number of hydrogen-bond acceptors (Lipinski definition) is 3. The molecule has 18 heavy (non-hydrogen) atoms. The van der Waals surface area contributed by atoms with Crippen LogP contribution in [0.2, 0.25) is 0 Å². The van der Waals surface area contributed by atoms with E-state index in [-0.39, 0.29) is 6.42 Å². The second-order valence-corrected chi connectivity index (χ2v) is 4.26. The quantitative estimate of drug-likeness (QED) is 0.758. The number of carboxylic acids is 1. The van der Waals surface area contributed by atoms with Crippen LogP contribution in [-0.4, -0.2) is 27.1 Å². The molecule has 1 aromatic carbocycles. The molecule has 5 heteroatoms. The van der Waals surface area contributed by atoms with Crippen LogP contribution in [0.1, 0.15) is 11.4 Å². The number of aromatic nitrogens is 2. The Bertz CT molecular complexity index is 546. The van der Waals surface area contributed by atoms with E-state index in [0.29, 0.717) is 5.82 Å². The lowest BCUT2D eigenvalue weighted by Crippen LogP contribution is -2.32. The van der Waals surface area contributed by atoms with Crippen LogP contribution in [-0.2, 0) is 11.2 Å². The number of nitrogens with two attached hydrogens (primary N) is 1. The van der Waals surface area contributed by atoms with Crippen molar-refractivity contribution in [3.05, 3.63) is 41.9 Å². The Morgan fingerprint density at radius 2 is 2.11 bits per heavy atom. The van der Waals surface area contributed by atoms with E-state index in [1.165, 1.54) is 5.56 Å². The third-order valence-electron chi connectivity index (χ3n) is 2.72.